The zero-order chi connectivity index (χ0) is 8.69. The largest absolute Gasteiger partial charge is 0.502 e. The minimum Gasteiger partial charge on any atom is -0.502 e. The summed E-state index contributed by atoms with van der Waals surface area (Å²) in [4.78, 5) is 10.5. The Labute approximate surface area is 65.6 Å². The van der Waals surface area contributed by atoms with Crippen LogP contribution in [0.1, 0.15) is 6.42 Å². The van der Waals surface area contributed by atoms with Crippen molar-refractivity contribution < 1.29 is 14.6 Å². The summed E-state index contributed by atoms with van der Waals surface area (Å²) >= 11 is 0. The van der Waals surface area contributed by atoms with Gasteiger partial charge in [-0.3, -0.25) is 4.79 Å². The first kappa shape index (κ1) is 9.97. The van der Waals surface area contributed by atoms with Crippen molar-refractivity contribution in [3.63, 3.8) is 0 Å². The molecule has 0 heterocycles. The van der Waals surface area contributed by atoms with Gasteiger partial charge in [0.1, 0.15) is 0 Å². The molecule has 0 spiro atoms. The van der Waals surface area contributed by atoms with Gasteiger partial charge in [-0.1, -0.05) is 6.58 Å². The predicted octanol–water partition coefficient (Wildman–Crippen LogP) is -0.370. The van der Waals surface area contributed by atoms with E-state index >= 15 is 0 Å². The minimum atomic E-state index is -0.505. The Morgan fingerprint density at radius 1 is 1.82 bits per heavy atom. The molecule has 11 heavy (non-hydrogen) atoms. The van der Waals surface area contributed by atoms with E-state index in [1.807, 2.05) is 0 Å². The van der Waals surface area contributed by atoms with Crippen molar-refractivity contribution in [1.29, 1.82) is 0 Å². The average Bonchev–Trinajstić information content (AvgIpc) is 1.97. The number of carbonyl (C=O) groups is 1. The number of hydrogen-bond donors (Lipinski definition) is 2. The Kier molecular flexibility index (Phi) is 5.20. The number of ether oxygens (including phenoxy) is 1. The third kappa shape index (κ3) is 4.38. The Hall–Kier alpha value is -1.03. The van der Waals surface area contributed by atoms with Crippen LogP contribution in [-0.4, -0.2) is 24.2 Å². The molecule has 1 unspecified atom stereocenters. The Balaban J connectivity index is 3.52. The molecule has 4 nitrogen and oxygen atoms in total. The average molecular weight is 159 g/mol. The number of amides is 1. The van der Waals surface area contributed by atoms with Crippen molar-refractivity contribution >= 4 is 5.91 Å². The lowest BCUT2D eigenvalue weighted by atomic mass is 10.1. The lowest BCUT2D eigenvalue weighted by Crippen LogP contribution is -2.27. The van der Waals surface area contributed by atoms with Crippen molar-refractivity contribution in [2.24, 2.45) is 11.7 Å². The molecule has 0 saturated heterocycles. The SMILES string of the molecule is C=COCCC(CO)C(N)=O. The first-order chi connectivity index (χ1) is 5.22. The van der Waals surface area contributed by atoms with Crippen LogP contribution in [0.4, 0.5) is 0 Å². The highest BCUT2D eigenvalue weighted by Gasteiger charge is 2.12. The Morgan fingerprint density at radius 2 is 2.45 bits per heavy atom. The van der Waals surface area contributed by atoms with E-state index in [0.29, 0.717) is 13.0 Å². The topological polar surface area (TPSA) is 72.6 Å². The van der Waals surface area contributed by atoms with Gasteiger partial charge >= 0.3 is 0 Å². The van der Waals surface area contributed by atoms with Gasteiger partial charge in [-0.2, -0.15) is 0 Å². The van der Waals surface area contributed by atoms with Gasteiger partial charge < -0.3 is 15.6 Å². The maximum absolute atomic E-state index is 10.5. The molecule has 0 aromatic rings. The van der Waals surface area contributed by atoms with E-state index in [-0.39, 0.29) is 6.61 Å². The zero-order valence-corrected chi connectivity index (χ0v) is 6.32. The number of primary amides is 1. The van der Waals surface area contributed by atoms with Gasteiger partial charge in [-0.15, -0.1) is 0 Å². The molecule has 0 radical (unpaired) electrons. The maximum atomic E-state index is 10.5. The molecular formula is C7H13NO3. The second-order valence-corrected chi connectivity index (χ2v) is 2.11. The van der Waals surface area contributed by atoms with Crippen LogP contribution >= 0.6 is 0 Å². The third-order valence-corrected chi connectivity index (χ3v) is 1.32. The maximum Gasteiger partial charge on any atom is 0.222 e. The van der Waals surface area contributed by atoms with Crippen LogP contribution in [0, 0.1) is 5.92 Å². The summed E-state index contributed by atoms with van der Waals surface area (Å²) in [6.07, 6.45) is 1.72. The lowest BCUT2D eigenvalue weighted by molar-refractivity contribution is -0.123. The Bertz CT molecular complexity index is 136. The summed E-state index contributed by atoms with van der Waals surface area (Å²) < 4.78 is 4.76. The number of hydrogen-bond acceptors (Lipinski definition) is 3. The van der Waals surface area contributed by atoms with Crippen LogP contribution in [0.3, 0.4) is 0 Å². The molecule has 0 aliphatic carbocycles. The molecule has 1 amide bonds. The summed E-state index contributed by atoms with van der Waals surface area (Å²) in [7, 11) is 0. The van der Waals surface area contributed by atoms with Crippen LogP contribution < -0.4 is 5.73 Å². The number of aliphatic hydroxyl groups excluding tert-OH is 1. The number of rotatable bonds is 6. The fourth-order valence-corrected chi connectivity index (χ4v) is 0.617. The lowest BCUT2D eigenvalue weighted by Gasteiger charge is -2.08. The normalized spacial score (nSPS) is 12.1. The van der Waals surface area contributed by atoms with Crippen LogP contribution in [0.15, 0.2) is 12.8 Å². The number of aliphatic hydroxyl groups is 1. The van der Waals surface area contributed by atoms with Crippen LogP contribution in [0.2, 0.25) is 0 Å². The second kappa shape index (κ2) is 5.73. The van der Waals surface area contributed by atoms with Gasteiger partial charge in [0.15, 0.2) is 0 Å². The van der Waals surface area contributed by atoms with Crippen molar-refractivity contribution in [3.8, 4) is 0 Å². The molecule has 0 aliphatic rings. The van der Waals surface area contributed by atoms with Gasteiger partial charge in [0.2, 0.25) is 5.91 Å². The molecule has 3 N–H and O–H groups in total. The van der Waals surface area contributed by atoms with E-state index in [1.54, 1.807) is 0 Å². The molecule has 0 aromatic heterocycles. The Morgan fingerprint density at radius 3 is 2.82 bits per heavy atom. The zero-order valence-electron chi connectivity index (χ0n) is 6.32. The smallest absolute Gasteiger partial charge is 0.222 e. The fourth-order valence-electron chi connectivity index (χ4n) is 0.617. The minimum absolute atomic E-state index is 0.226. The fraction of sp³-hybridized carbons (Fsp3) is 0.571. The van der Waals surface area contributed by atoms with E-state index in [2.05, 4.69) is 6.58 Å². The highest BCUT2D eigenvalue weighted by molar-refractivity contribution is 5.76. The highest BCUT2D eigenvalue weighted by atomic mass is 16.5. The van der Waals surface area contributed by atoms with E-state index in [9.17, 15) is 4.79 Å². The summed E-state index contributed by atoms with van der Waals surface area (Å²) in [5, 5.41) is 8.61. The van der Waals surface area contributed by atoms with E-state index in [0.717, 1.165) is 0 Å². The standard InChI is InChI=1S/C7H13NO3/c1-2-11-4-3-6(5-9)7(8)10/h2,6,9H,1,3-5H2,(H2,8,10). The first-order valence-corrected chi connectivity index (χ1v) is 3.35. The van der Waals surface area contributed by atoms with Crippen molar-refractivity contribution in [1.82, 2.24) is 0 Å². The molecule has 64 valence electrons. The molecule has 0 aromatic carbocycles. The number of carbonyl (C=O) groups excluding carboxylic acids is 1. The number of nitrogens with two attached hydrogens (primary N) is 1. The van der Waals surface area contributed by atoms with E-state index in [1.165, 1.54) is 6.26 Å². The summed E-state index contributed by atoms with van der Waals surface area (Å²) in [5.41, 5.74) is 4.95. The summed E-state index contributed by atoms with van der Waals surface area (Å²) in [6.45, 7) is 3.46. The first-order valence-electron chi connectivity index (χ1n) is 3.35. The van der Waals surface area contributed by atoms with Gasteiger partial charge in [0, 0.05) is 0 Å². The molecule has 0 fully saturated rings. The quantitative estimate of drug-likeness (QED) is 0.410. The van der Waals surface area contributed by atoms with Crippen molar-refractivity contribution in [2.45, 2.75) is 6.42 Å². The van der Waals surface area contributed by atoms with Gasteiger partial charge in [-0.05, 0) is 6.42 Å². The third-order valence-electron chi connectivity index (χ3n) is 1.32. The van der Waals surface area contributed by atoms with Crippen molar-refractivity contribution in [2.75, 3.05) is 13.2 Å². The molecule has 0 bridgehead atoms. The predicted molar refractivity (Wildman–Crippen MR) is 40.5 cm³/mol. The van der Waals surface area contributed by atoms with Crippen LogP contribution in [0.5, 0.6) is 0 Å². The second-order valence-electron chi connectivity index (χ2n) is 2.11. The van der Waals surface area contributed by atoms with Crippen LogP contribution in [-0.2, 0) is 9.53 Å². The molecule has 1 atom stereocenters. The molecule has 0 rings (SSSR count). The highest BCUT2D eigenvalue weighted by Crippen LogP contribution is 2.00. The van der Waals surface area contributed by atoms with Gasteiger partial charge in [-0.25, -0.2) is 0 Å². The van der Waals surface area contributed by atoms with Crippen molar-refractivity contribution in [3.05, 3.63) is 12.8 Å². The van der Waals surface area contributed by atoms with E-state index < -0.39 is 11.8 Å². The molecular weight excluding hydrogens is 146 g/mol. The molecule has 0 saturated carbocycles. The van der Waals surface area contributed by atoms with Gasteiger partial charge in [0.05, 0.1) is 25.4 Å². The van der Waals surface area contributed by atoms with Crippen LogP contribution in [0.25, 0.3) is 0 Å². The molecule has 4 heteroatoms. The summed E-state index contributed by atoms with van der Waals surface area (Å²) in [6, 6.07) is 0. The van der Waals surface area contributed by atoms with Gasteiger partial charge in [0.25, 0.3) is 0 Å². The molecule has 0 aliphatic heterocycles. The van der Waals surface area contributed by atoms with E-state index in [4.69, 9.17) is 15.6 Å². The monoisotopic (exact) mass is 159 g/mol. The summed E-state index contributed by atoms with van der Waals surface area (Å²) in [5.74, 6) is -1.00.